The summed E-state index contributed by atoms with van der Waals surface area (Å²) in [5.74, 6) is 0. The summed E-state index contributed by atoms with van der Waals surface area (Å²) in [5.41, 5.74) is 0.732. The lowest BCUT2D eigenvalue weighted by Gasteiger charge is -2.24. The Hall–Kier alpha value is -1.29. The summed E-state index contributed by atoms with van der Waals surface area (Å²) in [7, 11) is 0. The zero-order valence-electron chi connectivity index (χ0n) is 9.61. The van der Waals surface area contributed by atoms with E-state index in [0.29, 0.717) is 12.3 Å². The van der Waals surface area contributed by atoms with Gasteiger partial charge in [0.05, 0.1) is 12.6 Å². The summed E-state index contributed by atoms with van der Waals surface area (Å²) >= 11 is 0. The number of aromatic nitrogens is 1. The van der Waals surface area contributed by atoms with E-state index in [2.05, 4.69) is 5.32 Å². The van der Waals surface area contributed by atoms with Crippen LogP contribution in [0.15, 0.2) is 23.1 Å². The van der Waals surface area contributed by atoms with E-state index in [9.17, 15) is 4.79 Å². The third-order valence-electron chi connectivity index (χ3n) is 2.87. The smallest absolute Gasteiger partial charge is 0.274 e. The Bertz CT molecular complexity index is 394. The second-order valence-corrected chi connectivity index (χ2v) is 4.04. The standard InChI is InChI=1S/C12H18N2O2/c1-2-13-11-6-3-7-14(12(11)15)10-5-4-8-16-9-10/h3,6-7,10,13H,2,4-5,8-9H2,1H3/t10-/m0/s1. The molecule has 1 aliphatic rings. The van der Waals surface area contributed by atoms with Crippen molar-refractivity contribution >= 4 is 5.69 Å². The topological polar surface area (TPSA) is 43.3 Å². The van der Waals surface area contributed by atoms with Crippen LogP contribution in [0.1, 0.15) is 25.8 Å². The van der Waals surface area contributed by atoms with Crippen LogP contribution in [0.5, 0.6) is 0 Å². The lowest BCUT2D eigenvalue weighted by Crippen LogP contribution is -2.31. The first-order valence-electron chi connectivity index (χ1n) is 5.85. The van der Waals surface area contributed by atoms with Crippen LogP contribution < -0.4 is 10.9 Å². The fourth-order valence-electron chi connectivity index (χ4n) is 2.07. The Morgan fingerprint density at radius 1 is 1.62 bits per heavy atom. The molecule has 2 rings (SSSR count). The van der Waals surface area contributed by atoms with Gasteiger partial charge in [0.25, 0.3) is 5.56 Å². The maximum Gasteiger partial charge on any atom is 0.274 e. The van der Waals surface area contributed by atoms with Crippen LogP contribution in [0.25, 0.3) is 0 Å². The minimum absolute atomic E-state index is 0.0554. The first-order chi connectivity index (χ1) is 7.83. The van der Waals surface area contributed by atoms with Gasteiger partial charge < -0.3 is 14.6 Å². The minimum Gasteiger partial charge on any atom is -0.381 e. The van der Waals surface area contributed by atoms with Crippen molar-refractivity contribution in [1.29, 1.82) is 0 Å². The highest BCUT2D eigenvalue weighted by atomic mass is 16.5. The van der Waals surface area contributed by atoms with Gasteiger partial charge in [0.1, 0.15) is 5.69 Å². The van der Waals surface area contributed by atoms with Crippen LogP contribution in [0.3, 0.4) is 0 Å². The van der Waals surface area contributed by atoms with E-state index in [0.717, 1.165) is 26.0 Å². The molecule has 0 saturated carbocycles. The summed E-state index contributed by atoms with van der Waals surface area (Å²) in [6.45, 7) is 4.22. The molecule has 1 saturated heterocycles. The van der Waals surface area contributed by atoms with E-state index in [1.807, 2.05) is 25.3 Å². The molecule has 16 heavy (non-hydrogen) atoms. The van der Waals surface area contributed by atoms with Gasteiger partial charge in [0.2, 0.25) is 0 Å². The molecule has 0 spiro atoms. The Labute approximate surface area is 95.2 Å². The SMILES string of the molecule is CCNc1cccn([C@H]2CCCOC2)c1=O. The Morgan fingerprint density at radius 2 is 2.50 bits per heavy atom. The third kappa shape index (κ3) is 2.27. The number of anilines is 1. The molecular weight excluding hydrogens is 204 g/mol. The van der Waals surface area contributed by atoms with Gasteiger partial charge in [-0.15, -0.1) is 0 Å². The van der Waals surface area contributed by atoms with Crippen molar-refractivity contribution < 1.29 is 4.74 Å². The van der Waals surface area contributed by atoms with Gasteiger partial charge in [-0.1, -0.05) is 0 Å². The summed E-state index contributed by atoms with van der Waals surface area (Å²) in [6.07, 6.45) is 3.90. The number of rotatable bonds is 3. The number of nitrogens with one attached hydrogen (secondary N) is 1. The van der Waals surface area contributed by atoms with E-state index < -0.39 is 0 Å². The number of hydrogen-bond acceptors (Lipinski definition) is 3. The van der Waals surface area contributed by atoms with Crippen LogP contribution in [0.2, 0.25) is 0 Å². The minimum atomic E-state index is 0.0554. The van der Waals surface area contributed by atoms with Crippen LogP contribution in [0.4, 0.5) is 5.69 Å². The molecule has 1 aromatic heterocycles. The van der Waals surface area contributed by atoms with Gasteiger partial charge in [-0.3, -0.25) is 4.79 Å². The fraction of sp³-hybridized carbons (Fsp3) is 0.583. The number of nitrogens with zero attached hydrogens (tertiary/aromatic N) is 1. The molecule has 0 aromatic carbocycles. The zero-order valence-corrected chi connectivity index (χ0v) is 9.61. The van der Waals surface area contributed by atoms with Crippen LogP contribution in [0, 0.1) is 0 Å². The van der Waals surface area contributed by atoms with Crippen molar-refractivity contribution in [3.63, 3.8) is 0 Å². The largest absolute Gasteiger partial charge is 0.381 e. The molecule has 1 aliphatic heterocycles. The number of hydrogen-bond donors (Lipinski definition) is 1. The van der Waals surface area contributed by atoms with Gasteiger partial charge in [-0.05, 0) is 31.9 Å². The van der Waals surface area contributed by atoms with Crippen molar-refractivity contribution in [2.24, 2.45) is 0 Å². The molecule has 1 atom stereocenters. The van der Waals surface area contributed by atoms with E-state index in [4.69, 9.17) is 4.74 Å². The average molecular weight is 222 g/mol. The monoisotopic (exact) mass is 222 g/mol. The highest BCUT2D eigenvalue weighted by Gasteiger charge is 2.17. The van der Waals surface area contributed by atoms with E-state index in [1.54, 1.807) is 4.57 Å². The Balaban J connectivity index is 2.26. The second kappa shape index (κ2) is 5.16. The predicted molar refractivity (Wildman–Crippen MR) is 64.0 cm³/mol. The number of ether oxygens (including phenoxy) is 1. The van der Waals surface area contributed by atoms with Crippen LogP contribution in [-0.4, -0.2) is 24.3 Å². The quantitative estimate of drug-likeness (QED) is 0.845. The van der Waals surface area contributed by atoms with Crippen LogP contribution >= 0.6 is 0 Å². The Morgan fingerprint density at radius 3 is 3.19 bits per heavy atom. The zero-order chi connectivity index (χ0) is 11.4. The molecule has 2 heterocycles. The highest BCUT2D eigenvalue weighted by Crippen LogP contribution is 2.17. The molecule has 0 unspecified atom stereocenters. The van der Waals surface area contributed by atoms with E-state index >= 15 is 0 Å². The molecule has 0 amide bonds. The molecule has 0 bridgehead atoms. The second-order valence-electron chi connectivity index (χ2n) is 4.04. The van der Waals surface area contributed by atoms with E-state index in [-0.39, 0.29) is 11.6 Å². The Kier molecular flexibility index (Phi) is 3.62. The summed E-state index contributed by atoms with van der Waals surface area (Å²) in [6, 6.07) is 3.93. The third-order valence-corrected chi connectivity index (χ3v) is 2.87. The van der Waals surface area contributed by atoms with E-state index in [1.165, 1.54) is 0 Å². The average Bonchev–Trinajstić information content (AvgIpc) is 2.33. The van der Waals surface area contributed by atoms with Gasteiger partial charge >= 0.3 is 0 Å². The van der Waals surface area contributed by atoms with Gasteiger partial charge in [-0.2, -0.15) is 0 Å². The molecule has 0 radical (unpaired) electrons. The first-order valence-corrected chi connectivity index (χ1v) is 5.85. The molecule has 0 aliphatic carbocycles. The highest BCUT2D eigenvalue weighted by molar-refractivity contribution is 5.40. The molecule has 1 aromatic rings. The van der Waals surface area contributed by atoms with Crippen LogP contribution in [-0.2, 0) is 4.74 Å². The van der Waals surface area contributed by atoms with Gasteiger partial charge in [-0.25, -0.2) is 0 Å². The molecule has 4 heteroatoms. The first kappa shape index (κ1) is 11.2. The number of pyridine rings is 1. The van der Waals surface area contributed by atoms with Crippen molar-refractivity contribution in [2.75, 3.05) is 25.1 Å². The molecule has 1 fully saturated rings. The van der Waals surface area contributed by atoms with Gasteiger partial charge in [0, 0.05) is 19.3 Å². The summed E-state index contributed by atoms with van der Waals surface area (Å²) < 4.78 is 7.20. The van der Waals surface area contributed by atoms with Crippen molar-refractivity contribution in [3.8, 4) is 0 Å². The lowest BCUT2D eigenvalue weighted by atomic mass is 10.1. The summed E-state index contributed by atoms with van der Waals surface area (Å²) in [5, 5.41) is 3.08. The lowest BCUT2D eigenvalue weighted by molar-refractivity contribution is 0.0580. The van der Waals surface area contributed by atoms with Gasteiger partial charge in [0.15, 0.2) is 0 Å². The molecule has 88 valence electrons. The van der Waals surface area contributed by atoms with Crippen molar-refractivity contribution in [3.05, 3.63) is 28.7 Å². The predicted octanol–water partition coefficient (Wildman–Crippen LogP) is 1.63. The maximum atomic E-state index is 12.1. The normalized spacial score (nSPS) is 20.7. The summed E-state index contributed by atoms with van der Waals surface area (Å²) in [4.78, 5) is 12.1. The van der Waals surface area contributed by atoms with Crippen molar-refractivity contribution in [2.45, 2.75) is 25.8 Å². The molecule has 1 N–H and O–H groups in total. The molecular formula is C12H18N2O2. The van der Waals surface area contributed by atoms with Crippen molar-refractivity contribution in [1.82, 2.24) is 4.57 Å². The maximum absolute atomic E-state index is 12.1. The fourth-order valence-corrected chi connectivity index (χ4v) is 2.07. The molecule has 4 nitrogen and oxygen atoms in total.